The maximum Gasteiger partial charge on any atom is 0.322 e. The van der Waals surface area contributed by atoms with Crippen LogP contribution in [0.2, 0.25) is 0 Å². The molecule has 0 aliphatic heterocycles. The zero-order chi connectivity index (χ0) is 10.6. The monoisotopic (exact) mass is 190 g/mol. The van der Waals surface area contributed by atoms with Crippen LogP contribution >= 0.6 is 0 Å². The molecule has 3 N–H and O–H groups in total. The zero-order valence-corrected chi connectivity index (χ0v) is 7.42. The predicted molar refractivity (Wildman–Crippen MR) is 50.4 cm³/mol. The van der Waals surface area contributed by atoms with Gasteiger partial charge >= 0.3 is 5.97 Å². The largest absolute Gasteiger partial charge is 0.480 e. The first-order valence-corrected chi connectivity index (χ1v) is 4.09. The standard InChI is InChI=1S/C10H10N2O2/c11-6-8(9(12)10(13)14)7-4-2-1-3-5-7/h1-5,8-9H,12H2,(H,13,14)/t8?,9-/m0/s1. The molecular formula is C10H10N2O2. The number of nitrogens with two attached hydrogens (primary N) is 1. The first-order chi connectivity index (χ1) is 6.66. The Morgan fingerprint density at radius 1 is 1.43 bits per heavy atom. The van der Waals surface area contributed by atoms with Gasteiger partial charge in [-0.2, -0.15) is 5.26 Å². The minimum absolute atomic E-state index is 0.630. The number of nitriles is 1. The van der Waals surface area contributed by atoms with Crippen LogP contribution in [-0.4, -0.2) is 17.1 Å². The molecule has 4 nitrogen and oxygen atoms in total. The summed E-state index contributed by atoms with van der Waals surface area (Å²) in [6, 6.07) is 9.38. The molecule has 1 aromatic rings. The molecule has 0 aliphatic carbocycles. The molecule has 0 heterocycles. The van der Waals surface area contributed by atoms with Crippen LogP contribution in [0.15, 0.2) is 30.3 Å². The molecule has 1 rings (SSSR count). The highest BCUT2D eigenvalue weighted by Crippen LogP contribution is 2.17. The minimum Gasteiger partial charge on any atom is -0.480 e. The fourth-order valence-electron chi connectivity index (χ4n) is 1.17. The van der Waals surface area contributed by atoms with Gasteiger partial charge in [0.25, 0.3) is 0 Å². The summed E-state index contributed by atoms with van der Waals surface area (Å²) in [4.78, 5) is 10.6. The third-order valence-electron chi connectivity index (χ3n) is 1.94. The molecule has 1 aromatic carbocycles. The lowest BCUT2D eigenvalue weighted by molar-refractivity contribution is -0.138. The van der Waals surface area contributed by atoms with Crippen molar-refractivity contribution in [2.75, 3.05) is 0 Å². The van der Waals surface area contributed by atoms with Gasteiger partial charge in [-0.3, -0.25) is 4.79 Å². The zero-order valence-electron chi connectivity index (χ0n) is 7.42. The molecule has 4 heteroatoms. The van der Waals surface area contributed by atoms with E-state index in [-0.39, 0.29) is 0 Å². The van der Waals surface area contributed by atoms with Gasteiger partial charge in [0.05, 0.1) is 12.0 Å². The molecule has 0 spiro atoms. The van der Waals surface area contributed by atoms with E-state index in [1.54, 1.807) is 30.3 Å². The van der Waals surface area contributed by atoms with E-state index in [4.69, 9.17) is 16.1 Å². The quantitative estimate of drug-likeness (QED) is 0.734. The van der Waals surface area contributed by atoms with Crippen molar-refractivity contribution >= 4 is 5.97 Å². The van der Waals surface area contributed by atoms with Gasteiger partial charge in [-0.1, -0.05) is 30.3 Å². The third kappa shape index (κ3) is 2.09. The van der Waals surface area contributed by atoms with Crippen LogP contribution in [0, 0.1) is 11.3 Å². The van der Waals surface area contributed by atoms with Gasteiger partial charge in [-0.05, 0) is 5.56 Å². The highest BCUT2D eigenvalue weighted by molar-refractivity contribution is 5.75. The molecule has 0 fully saturated rings. The van der Waals surface area contributed by atoms with Gasteiger partial charge in [0, 0.05) is 0 Å². The second-order valence-electron chi connectivity index (χ2n) is 2.88. The summed E-state index contributed by atoms with van der Waals surface area (Å²) in [5.41, 5.74) is 6.01. The van der Waals surface area contributed by atoms with Crippen molar-refractivity contribution in [3.8, 4) is 6.07 Å². The van der Waals surface area contributed by atoms with Crippen molar-refractivity contribution in [3.63, 3.8) is 0 Å². The number of benzene rings is 1. The highest BCUT2D eigenvalue weighted by Gasteiger charge is 2.25. The van der Waals surface area contributed by atoms with E-state index in [0.29, 0.717) is 5.56 Å². The van der Waals surface area contributed by atoms with E-state index in [0.717, 1.165) is 0 Å². The molecule has 0 saturated heterocycles. The van der Waals surface area contributed by atoms with E-state index < -0.39 is 17.9 Å². The Hall–Kier alpha value is -1.86. The molecular weight excluding hydrogens is 180 g/mol. The van der Waals surface area contributed by atoms with Crippen LogP contribution in [0.1, 0.15) is 11.5 Å². The molecule has 2 atom stereocenters. The third-order valence-corrected chi connectivity index (χ3v) is 1.94. The first kappa shape index (κ1) is 10.2. The first-order valence-electron chi connectivity index (χ1n) is 4.09. The van der Waals surface area contributed by atoms with Crippen molar-refractivity contribution in [1.29, 1.82) is 5.26 Å². The Kier molecular flexibility index (Phi) is 3.21. The lowest BCUT2D eigenvalue weighted by Crippen LogP contribution is -2.35. The lowest BCUT2D eigenvalue weighted by Gasteiger charge is -2.13. The van der Waals surface area contributed by atoms with Crippen LogP contribution < -0.4 is 5.73 Å². The molecule has 0 saturated carbocycles. The maximum absolute atomic E-state index is 10.6. The molecule has 1 unspecified atom stereocenters. The number of carboxylic acids is 1. The van der Waals surface area contributed by atoms with Crippen molar-refractivity contribution < 1.29 is 9.90 Å². The molecule has 0 aliphatic rings. The second-order valence-corrected chi connectivity index (χ2v) is 2.88. The van der Waals surface area contributed by atoms with Crippen LogP contribution in [0.5, 0.6) is 0 Å². The average Bonchev–Trinajstić information content (AvgIpc) is 2.20. The molecule has 0 aromatic heterocycles. The van der Waals surface area contributed by atoms with Crippen molar-refractivity contribution in [1.82, 2.24) is 0 Å². The van der Waals surface area contributed by atoms with E-state index in [2.05, 4.69) is 0 Å². The summed E-state index contributed by atoms with van der Waals surface area (Å²) in [6.07, 6.45) is 0. The second kappa shape index (κ2) is 4.40. The Bertz CT molecular complexity index is 356. The molecule has 0 bridgehead atoms. The van der Waals surface area contributed by atoms with Crippen LogP contribution in [0.25, 0.3) is 0 Å². The Balaban J connectivity index is 2.95. The minimum atomic E-state index is -1.18. The van der Waals surface area contributed by atoms with Crippen molar-refractivity contribution in [2.24, 2.45) is 5.73 Å². The normalized spacial score (nSPS) is 14.0. The number of carboxylic acid groups (broad SMARTS) is 1. The Labute approximate surface area is 81.6 Å². The van der Waals surface area contributed by atoms with Gasteiger partial charge in [-0.25, -0.2) is 0 Å². The summed E-state index contributed by atoms with van der Waals surface area (Å²) in [5, 5.41) is 17.5. The summed E-state index contributed by atoms with van der Waals surface area (Å²) < 4.78 is 0. The number of rotatable bonds is 3. The number of hydrogen-bond acceptors (Lipinski definition) is 3. The Morgan fingerprint density at radius 3 is 2.43 bits per heavy atom. The number of nitrogens with zero attached hydrogens (tertiary/aromatic N) is 1. The smallest absolute Gasteiger partial charge is 0.322 e. The van der Waals surface area contributed by atoms with Gasteiger partial charge in [-0.15, -0.1) is 0 Å². The summed E-state index contributed by atoms with van der Waals surface area (Å²) in [7, 11) is 0. The summed E-state index contributed by atoms with van der Waals surface area (Å²) in [5.74, 6) is -1.96. The van der Waals surface area contributed by atoms with Crippen LogP contribution in [0.4, 0.5) is 0 Å². The van der Waals surface area contributed by atoms with E-state index in [9.17, 15) is 4.79 Å². The van der Waals surface area contributed by atoms with E-state index in [1.807, 2.05) is 6.07 Å². The van der Waals surface area contributed by atoms with Crippen LogP contribution in [0.3, 0.4) is 0 Å². The van der Waals surface area contributed by atoms with Gasteiger partial charge in [0.15, 0.2) is 0 Å². The molecule has 72 valence electrons. The van der Waals surface area contributed by atoms with E-state index >= 15 is 0 Å². The topological polar surface area (TPSA) is 87.1 Å². The average molecular weight is 190 g/mol. The van der Waals surface area contributed by atoms with Crippen molar-refractivity contribution in [3.05, 3.63) is 35.9 Å². The Morgan fingerprint density at radius 2 is 2.00 bits per heavy atom. The molecule has 0 radical (unpaired) electrons. The number of carbonyl (C=O) groups is 1. The molecule has 0 amide bonds. The highest BCUT2D eigenvalue weighted by atomic mass is 16.4. The van der Waals surface area contributed by atoms with Crippen LogP contribution in [-0.2, 0) is 4.79 Å². The van der Waals surface area contributed by atoms with Gasteiger partial charge in [0.1, 0.15) is 6.04 Å². The maximum atomic E-state index is 10.6. The van der Waals surface area contributed by atoms with Gasteiger partial charge < -0.3 is 10.8 Å². The van der Waals surface area contributed by atoms with Crippen molar-refractivity contribution in [2.45, 2.75) is 12.0 Å². The fraction of sp³-hybridized carbons (Fsp3) is 0.200. The SMILES string of the molecule is N#CC(c1ccccc1)[C@H](N)C(=O)O. The number of hydrogen-bond donors (Lipinski definition) is 2. The predicted octanol–water partition coefficient (Wildman–Crippen LogP) is 0.706. The summed E-state index contributed by atoms with van der Waals surface area (Å²) >= 11 is 0. The van der Waals surface area contributed by atoms with E-state index in [1.165, 1.54) is 0 Å². The fourth-order valence-corrected chi connectivity index (χ4v) is 1.17. The number of aliphatic carboxylic acids is 1. The summed E-state index contributed by atoms with van der Waals surface area (Å²) in [6.45, 7) is 0. The lowest BCUT2D eigenvalue weighted by atomic mass is 9.93. The molecule has 14 heavy (non-hydrogen) atoms. The van der Waals surface area contributed by atoms with Gasteiger partial charge in [0.2, 0.25) is 0 Å².